The number of Topliss-reactive ketones (excluding diaryl/α,β-unsaturated/α-hetero) is 1. The summed E-state index contributed by atoms with van der Waals surface area (Å²) in [6, 6.07) is 30.8. The zero-order valence-corrected chi connectivity index (χ0v) is 28.7. The molecule has 49 heavy (non-hydrogen) atoms. The maximum absolute atomic E-state index is 15.1. The number of rotatable bonds is 5. The Morgan fingerprint density at radius 1 is 0.837 bits per heavy atom. The number of amides is 2. The molecule has 4 aromatic rings. The fraction of sp³-hybridized carbons (Fsp3) is 0.220. The lowest BCUT2D eigenvalue weighted by atomic mass is 9.44. The quantitative estimate of drug-likeness (QED) is 0.133. The number of benzene rings is 4. The summed E-state index contributed by atoms with van der Waals surface area (Å²) in [5.74, 6) is -4.16. The third kappa shape index (κ3) is 4.67. The van der Waals surface area contributed by atoms with E-state index in [-0.39, 0.29) is 35.6 Å². The van der Waals surface area contributed by atoms with Gasteiger partial charge in [0, 0.05) is 32.6 Å². The zero-order valence-electron chi connectivity index (χ0n) is 26.6. The summed E-state index contributed by atoms with van der Waals surface area (Å²) in [6.07, 6.45) is 3.98. The number of fused-ring (bicyclic) bond motifs is 4. The molecule has 0 spiro atoms. The van der Waals surface area contributed by atoms with Crippen LogP contribution in [-0.4, -0.2) is 35.6 Å². The smallest absolute Gasteiger partial charge is 0.238 e. The van der Waals surface area contributed by atoms with Crippen molar-refractivity contribution < 1.29 is 29.0 Å². The molecule has 244 valence electrons. The van der Waals surface area contributed by atoms with Crippen LogP contribution in [0.2, 0.25) is 0 Å². The maximum atomic E-state index is 15.1. The minimum Gasteiger partial charge on any atom is -0.508 e. The van der Waals surface area contributed by atoms with Gasteiger partial charge in [0.2, 0.25) is 11.8 Å². The van der Waals surface area contributed by atoms with Gasteiger partial charge in [0.05, 0.1) is 30.0 Å². The molecule has 4 aromatic carbocycles. The lowest BCUT2D eigenvalue weighted by molar-refractivity contribution is -0.135. The van der Waals surface area contributed by atoms with E-state index in [4.69, 9.17) is 4.74 Å². The fourth-order valence-electron chi connectivity index (χ4n) is 8.96. The maximum Gasteiger partial charge on any atom is 0.238 e. The van der Waals surface area contributed by atoms with E-state index in [0.29, 0.717) is 40.1 Å². The number of halogens is 1. The largest absolute Gasteiger partial charge is 0.508 e. The molecule has 2 amide bonds. The van der Waals surface area contributed by atoms with Crippen molar-refractivity contribution in [2.75, 3.05) is 12.0 Å². The molecular weight excluding hydrogens is 729 g/mol. The first-order valence-electron chi connectivity index (χ1n) is 16.4. The predicted octanol–water partition coefficient (Wildman–Crippen LogP) is 7.03. The first-order chi connectivity index (χ1) is 23.7. The van der Waals surface area contributed by atoms with Crippen LogP contribution in [0.1, 0.15) is 35.4 Å². The molecule has 0 bridgehead atoms. The number of hydrogen-bond acceptors (Lipinski definition) is 6. The number of ketones is 2. The van der Waals surface area contributed by atoms with Gasteiger partial charge in [0.1, 0.15) is 11.5 Å². The van der Waals surface area contributed by atoms with Crippen molar-refractivity contribution in [3.8, 4) is 11.5 Å². The number of carbonyl (C=O) groups excluding carboxylic acids is 4. The van der Waals surface area contributed by atoms with Crippen molar-refractivity contribution in [2.45, 2.75) is 24.2 Å². The third-order valence-corrected chi connectivity index (χ3v) is 11.7. The monoisotopic (exact) mass is 761 g/mol. The van der Waals surface area contributed by atoms with Crippen LogP contribution >= 0.6 is 22.6 Å². The summed E-state index contributed by atoms with van der Waals surface area (Å²) in [5.41, 5.74) is 2.00. The highest BCUT2D eigenvalue weighted by Crippen LogP contribution is 2.64. The number of imide groups is 1. The second kappa shape index (κ2) is 11.9. The second-order valence-electron chi connectivity index (χ2n) is 13.2. The number of ether oxygens (including phenoxy) is 1. The minimum absolute atomic E-state index is 0.0745. The topological polar surface area (TPSA) is 101 Å². The molecule has 3 aliphatic carbocycles. The van der Waals surface area contributed by atoms with E-state index in [2.05, 4.69) is 22.6 Å². The van der Waals surface area contributed by atoms with Gasteiger partial charge in [0.25, 0.3) is 0 Å². The third-order valence-electron chi connectivity index (χ3n) is 11.0. The predicted molar refractivity (Wildman–Crippen MR) is 193 cm³/mol. The molecule has 1 heterocycles. The van der Waals surface area contributed by atoms with Crippen LogP contribution in [0.4, 0.5) is 5.69 Å². The molecule has 6 atom stereocenters. The summed E-state index contributed by atoms with van der Waals surface area (Å²) in [7, 11) is 1.51. The van der Waals surface area contributed by atoms with Crippen LogP contribution < -0.4 is 9.64 Å². The highest BCUT2D eigenvalue weighted by atomic mass is 127. The standard InChI is InChI=1S/C41H32INO6/c1-49-27-16-17-29(34(44)20-27)37-28-18-19-30-36(40(48)43(39(30)47)26-14-12-25(42)13-15-26)32(28)21-33-38(46)31(23-8-4-2-5-9-23)22-35(45)41(33,37)24-10-6-3-7-11-24/h2-18,20,22,30,32-33,36-37,44H,19,21H2,1H3/t30-,32+,33-,36-,37+,41-/m0/s1. The number of methoxy groups -OCH3 is 1. The summed E-state index contributed by atoms with van der Waals surface area (Å²) >= 11 is 2.19. The summed E-state index contributed by atoms with van der Waals surface area (Å²) in [5, 5.41) is 11.6. The Kier molecular flexibility index (Phi) is 7.66. The molecule has 0 aromatic heterocycles. The van der Waals surface area contributed by atoms with Gasteiger partial charge in [-0.1, -0.05) is 78.4 Å². The van der Waals surface area contributed by atoms with Crippen LogP contribution in [0.25, 0.3) is 5.57 Å². The van der Waals surface area contributed by atoms with Crippen molar-refractivity contribution in [3.63, 3.8) is 0 Å². The van der Waals surface area contributed by atoms with Gasteiger partial charge in [0.15, 0.2) is 11.6 Å². The van der Waals surface area contributed by atoms with E-state index in [1.807, 2.05) is 78.9 Å². The van der Waals surface area contributed by atoms with Crippen molar-refractivity contribution >= 4 is 57.2 Å². The van der Waals surface area contributed by atoms with Gasteiger partial charge in [-0.15, -0.1) is 0 Å². The van der Waals surface area contributed by atoms with Gasteiger partial charge >= 0.3 is 0 Å². The number of allylic oxidation sites excluding steroid dienone is 4. The molecule has 0 unspecified atom stereocenters. The zero-order chi connectivity index (χ0) is 34.0. The Morgan fingerprint density at radius 2 is 1.53 bits per heavy atom. The number of phenols is 1. The normalized spacial score (nSPS) is 27.6. The van der Waals surface area contributed by atoms with Crippen molar-refractivity contribution in [1.82, 2.24) is 0 Å². The molecule has 1 aliphatic heterocycles. The van der Waals surface area contributed by atoms with Crippen LogP contribution in [0.3, 0.4) is 0 Å². The van der Waals surface area contributed by atoms with E-state index >= 15 is 4.79 Å². The van der Waals surface area contributed by atoms with E-state index in [1.165, 1.54) is 24.2 Å². The molecule has 1 saturated heterocycles. The molecule has 4 aliphatic rings. The van der Waals surface area contributed by atoms with Gasteiger partial charge in [-0.3, -0.25) is 24.1 Å². The molecule has 1 N–H and O–H groups in total. The van der Waals surface area contributed by atoms with Gasteiger partial charge in [-0.25, -0.2) is 0 Å². The van der Waals surface area contributed by atoms with E-state index in [0.717, 1.165) is 9.14 Å². The number of nitrogens with zero attached hydrogens (tertiary/aromatic N) is 1. The molecule has 0 radical (unpaired) electrons. The summed E-state index contributed by atoms with van der Waals surface area (Å²) in [6.45, 7) is 0. The summed E-state index contributed by atoms with van der Waals surface area (Å²) < 4.78 is 6.39. The van der Waals surface area contributed by atoms with E-state index < -0.39 is 35.0 Å². The Bertz CT molecular complexity index is 2090. The Labute approximate surface area is 297 Å². The lowest BCUT2D eigenvalue weighted by Crippen LogP contribution is -2.58. The van der Waals surface area contributed by atoms with E-state index in [9.17, 15) is 19.5 Å². The molecular formula is C41H32INO6. The molecule has 7 nitrogen and oxygen atoms in total. The Balaban J connectivity index is 1.36. The number of hydrogen-bond donors (Lipinski definition) is 1. The summed E-state index contributed by atoms with van der Waals surface area (Å²) in [4.78, 5) is 59.8. The average Bonchev–Trinajstić information content (AvgIpc) is 3.39. The number of anilines is 1. The van der Waals surface area contributed by atoms with Crippen molar-refractivity contribution in [1.29, 1.82) is 0 Å². The van der Waals surface area contributed by atoms with Crippen LogP contribution in [0.15, 0.2) is 121 Å². The second-order valence-corrected chi connectivity index (χ2v) is 14.4. The Hall–Kier alpha value is -4.83. The first-order valence-corrected chi connectivity index (χ1v) is 17.4. The number of carbonyl (C=O) groups is 4. The van der Waals surface area contributed by atoms with Crippen molar-refractivity contribution in [3.05, 3.63) is 141 Å². The molecule has 8 heteroatoms. The highest BCUT2D eigenvalue weighted by molar-refractivity contribution is 14.1. The number of aromatic hydroxyl groups is 1. The number of phenolic OH excluding ortho intramolecular Hbond substituents is 1. The van der Waals surface area contributed by atoms with Gasteiger partial charge in [-0.05, 0) is 88.9 Å². The van der Waals surface area contributed by atoms with Crippen LogP contribution in [0.5, 0.6) is 11.5 Å². The average molecular weight is 762 g/mol. The highest BCUT2D eigenvalue weighted by Gasteiger charge is 2.66. The SMILES string of the molecule is COc1ccc([C@H]2C3=CC[C@@H]4C(=O)N(c5ccc(I)cc5)C(=O)[C@@H]4[C@@H]3C[C@H]3C(=O)C(c4ccccc4)=CC(=O)[C@@]23c2ccccc2)c(O)c1. The Morgan fingerprint density at radius 3 is 2.20 bits per heavy atom. The van der Waals surface area contributed by atoms with Crippen LogP contribution in [-0.2, 0) is 24.6 Å². The molecule has 1 saturated carbocycles. The van der Waals surface area contributed by atoms with Crippen molar-refractivity contribution in [2.24, 2.45) is 23.7 Å². The first kappa shape index (κ1) is 31.4. The van der Waals surface area contributed by atoms with E-state index in [1.54, 1.807) is 24.3 Å². The minimum atomic E-state index is -1.42. The fourth-order valence-corrected chi connectivity index (χ4v) is 9.32. The van der Waals surface area contributed by atoms with Gasteiger partial charge in [-0.2, -0.15) is 0 Å². The van der Waals surface area contributed by atoms with Gasteiger partial charge < -0.3 is 9.84 Å². The molecule has 8 rings (SSSR count). The lowest BCUT2D eigenvalue weighted by Gasteiger charge is -2.55. The molecule has 2 fully saturated rings. The van der Waals surface area contributed by atoms with Crippen LogP contribution in [0, 0.1) is 27.2 Å².